The molecule has 1 atom stereocenters. The molecule has 0 saturated heterocycles. The van der Waals surface area contributed by atoms with Gasteiger partial charge < -0.3 is 19.5 Å². The molecule has 1 N–H and O–H groups in total. The molecule has 0 aliphatic rings. The van der Waals surface area contributed by atoms with Gasteiger partial charge in [0.1, 0.15) is 0 Å². The second-order valence-corrected chi connectivity index (χ2v) is 8.07. The zero-order valence-corrected chi connectivity index (χ0v) is 17.3. The predicted molar refractivity (Wildman–Crippen MR) is 102 cm³/mol. The Balaban J connectivity index is 2.24. The normalized spacial score (nSPS) is 12.8. The van der Waals surface area contributed by atoms with Crippen molar-refractivity contribution in [1.82, 2.24) is 5.32 Å². The van der Waals surface area contributed by atoms with Crippen molar-refractivity contribution in [3.05, 3.63) is 47.5 Å². The molecule has 0 saturated carbocycles. The lowest BCUT2D eigenvalue weighted by atomic mass is 10.1. The third kappa shape index (κ3) is 4.61. The van der Waals surface area contributed by atoms with Crippen LogP contribution in [0.25, 0.3) is 0 Å². The van der Waals surface area contributed by atoms with Crippen LogP contribution in [0.5, 0.6) is 17.2 Å². The van der Waals surface area contributed by atoms with Gasteiger partial charge in [0.15, 0.2) is 11.5 Å². The van der Waals surface area contributed by atoms with Crippen LogP contribution in [0.1, 0.15) is 28.9 Å². The highest BCUT2D eigenvalue weighted by molar-refractivity contribution is 7.92. The van der Waals surface area contributed by atoms with Crippen molar-refractivity contribution < 1.29 is 40.6 Å². The quantitative estimate of drug-likeness (QED) is 0.699. The summed E-state index contributed by atoms with van der Waals surface area (Å²) in [7, 11) is -1.14. The maximum atomic E-state index is 12.6. The maximum Gasteiger partial charge on any atom is 0.501 e. The van der Waals surface area contributed by atoms with Crippen molar-refractivity contribution in [3.63, 3.8) is 0 Å². The number of hydrogen-bond donors (Lipinski definition) is 1. The van der Waals surface area contributed by atoms with E-state index in [0.29, 0.717) is 22.8 Å². The minimum atomic E-state index is -5.48. The van der Waals surface area contributed by atoms with Crippen LogP contribution in [0.3, 0.4) is 0 Å². The van der Waals surface area contributed by atoms with E-state index in [9.17, 15) is 26.4 Å². The molecule has 0 heterocycles. The first kappa shape index (κ1) is 23.3. The molecule has 0 bridgehead atoms. The largest absolute Gasteiger partial charge is 0.501 e. The van der Waals surface area contributed by atoms with E-state index in [4.69, 9.17) is 14.2 Å². The van der Waals surface area contributed by atoms with Gasteiger partial charge in [0, 0.05) is 5.56 Å². The van der Waals surface area contributed by atoms with Gasteiger partial charge in [0.2, 0.25) is 5.75 Å². The summed E-state index contributed by atoms with van der Waals surface area (Å²) < 4.78 is 76.4. The first-order valence-corrected chi connectivity index (χ1v) is 9.96. The van der Waals surface area contributed by atoms with E-state index in [1.807, 2.05) is 0 Å². The number of amides is 1. The monoisotopic (exact) mass is 447 g/mol. The zero-order valence-electron chi connectivity index (χ0n) is 16.5. The number of carbonyl (C=O) groups excluding carboxylic acids is 1. The average Bonchev–Trinajstić information content (AvgIpc) is 2.71. The highest BCUT2D eigenvalue weighted by Gasteiger charge is 2.46. The van der Waals surface area contributed by atoms with Crippen LogP contribution in [0.15, 0.2) is 41.3 Å². The fourth-order valence-electron chi connectivity index (χ4n) is 2.63. The lowest BCUT2D eigenvalue weighted by molar-refractivity contribution is -0.0436. The fraction of sp³-hybridized carbons (Fsp3) is 0.316. The summed E-state index contributed by atoms with van der Waals surface area (Å²) in [6.07, 6.45) is 0. The molecule has 0 fully saturated rings. The molecule has 2 aromatic rings. The molecule has 1 amide bonds. The van der Waals surface area contributed by atoms with Crippen LogP contribution < -0.4 is 19.5 Å². The van der Waals surface area contributed by atoms with Gasteiger partial charge in [-0.05, 0) is 48.9 Å². The molecular formula is C19H20F3NO6S. The van der Waals surface area contributed by atoms with E-state index in [0.717, 1.165) is 24.3 Å². The highest BCUT2D eigenvalue weighted by Crippen LogP contribution is 2.39. The Labute approximate surface area is 171 Å². The van der Waals surface area contributed by atoms with Crippen LogP contribution >= 0.6 is 0 Å². The third-order valence-corrected chi connectivity index (χ3v) is 5.77. The fourth-order valence-corrected chi connectivity index (χ4v) is 3.40. The topological polar surface area (TPSA) is 90.9 Å². The molecule has 7 nitrogen and oxygen atoms in total. The molecule has 11 heteroatoms. The van der Waals surface area contributed by atoms with Gasteiger partial charge in [-0.25, -0.2) is 8.42 Å². The Hall–Kier alpha value is -2.95. The molecule has 164 valence electrons. The third-order valence-electron chi connectivity index (χ3n) is 4.27. The summed E-state index contributed by atoms with van der Waals surface area (Å²) in [6.45, 7) is 1.68. The summed E-state index contributed by atoms with van der Waals surface area (Å²) >= 11 is 0. The molecule has 2 rings (SSSR count). The van der Waals surface area contributed by atoms with Crippen LogP contribution in [0.2, 0.25) is 0 Å². The smallest absolute Gasteiger partial charge is 0.493 e. The molecule has 30 heavy (non-hydrogen) atoms. The molecule has 0 aliphatic carbocycles. The lowest BCUT2D eigenvalue weighted by Gasteiger charge is -2.19. The zero-order chi connectivity index (χ0) is 22.7. The van der Waals surface area contributed by atoms with E-state index < -0.39 is 32.2 Å². The number of nitrogens with one attached hydrogen (secondary N) is 1. The van der Waals surface area contributed by atoms with E-state index in [1.54, 1.807) is 19.1 Å². The standard InChI is InChI=1S/C19H20F3NO6S/c1-11(13-9-15(27-2)17(29-4)16(10-13)28-3)23-18(24)12-5-7-14(8-6-12)30(25,26)19(20,21)22/h5-11H,1-4H3,(H,23,24). The second-order valence-electron chi connectivity index (χ2n) is 6.13. The minimum Gasteiger partial charge on any atom is -0.493 e. The summed E-state index contributed by atoms with van der Waals surface area (Å²) in [5.74, 6) is 0.542. The van der Waals surface area contributed by atoms with Crippen molar-refractivity contribution in [3.8, 4) is 17.2 Å². The number of alkyl halides is 3. The number of benzene rings is 2. The Bertz CT molecular complexity index is 995. The highest BCUT2D eigenvalue weighted by atomic mass is 32.2. The molecule has 0 aliphatic heterocycles. The average molecular weight is 447 g/mol. The number of halogens is 3. The Morgan fingerprint density at radius 3 is 1.87 bits per heavy atom. The number of hydrogen-bond acceptors (Lipinski definition) is 6. The summed E-state index contributed by atoms with van der Waals surface area (Å²) in [6, 6.07) is 6.25. The van der Waals surface area contributed by atoms with Gasteiger partial charge in [0.05, 0.1) is 32.3 Å². The first-order valence-electron chi connectivity index (χ1n) is 8.48. The molecule has 2 aromatic carbocycles. The Morgan fingerprint density at radius 1 is 0.967 bits per heavy atom. The number of rotatable bonds is 7. The van der Waals surface area contributed by atoms with E-state index in [1.165, 1.54) is 21.3 Å². The van der Waals surface area contributed by atoms with Gasteiger partial charge in [-0.3, -0.25) is 4.79 Å². The molecule has 0 radical (unpaired) electrons. The van der Waals surface area contributed by atoms with Gasteiger partial charge in [-0.2, -0.15) is 13.2 Å². The maximum absolute atomic E-state index is 12.6. The van der Waals surface area contributed by atoms with E-state index in [2.05, 4.69) is 5.32 Å². The van der Waals surface area contributed by atoms with Crippen LogP contribution in [0, 0.1) is 0 Å². The summed E-state index contributed by atoms with van der Waals surface area (Å²) in [5, 5.41) is 2.68. The van der Waals surface area contributed by atoms with Crippen molar-refractivity contribution in [2.75, 3.05) is 21.3 Å². The van der Waals surface area contributed by atoms with Gasteiger partial charge >= 0.3 is 5.51 Å². The number of sulfone groups is 1. The van der Waals surface area contributed by atoms with Gasteiger partial charge in [0.25, 0.3) is 15.7 Å². The Kier molecular flexibility index (Phi) is 6.86. The minimum absolute atomic E-state index is 0.00424. The van der Waals surface area contributed by atoms with Gasteiger partial charge in [-0.15, -0.1) is 0 Å². The van der Waals surface area contributed by atoms with Gasteiger partial charge in [-0.1, -0.05) is 0 Å². The molecule has 0 spiro atoms. The lowest BCUT2D eigenvalue weighted by Crippen LogP contribution is -2.27. The van der Waals surface area contributed by atoms with Crippen LogP contribution in [-0.2, 0) is 9.84 Å². The molecule has 0 aromatic heterocycles. The summed E-state index contributed by atoms with van der Waals surface area (Å²) in [4.78, 5) is 11.5. The molecular weight excluding hydrogens is 427 g/mol. The van der Waals surface area contributed by atoms with E-state index >= 15 is 0 Å². The molecule has 1 unspecified atom stereocenters. The SMILES string of the molecule is COc1cc(C(C)NC(=O)c2ccc(S(=O)(=O)C(F)(F)F)cc2)cc(OC)c1OC. The van der Waals surface area contributed by atoms with Crippen molar-refractivity contribution in [2.24, 2.45) is 0 Å². The predicted octanol–water partition coefficient (Wildman–Crippen LogP) is 3.50. The van der Waals surface area contributed by atoms with E-state index in [-0.39, 0.29) is 5.56 Å². The number of ether oxygens (including phenoxy) is 3. The van der Waals surface area contributed by atoms with Crippen LogP contribution in [-0.4, -0.2) is 41.2 Å². The second kappa shape index (κ2) is 8.82. The number of carbonyl (C=O) groups is 1. The summed E-state index contributed by atoms with van der Waals surface area (Å²) in [5.41, 5.74) is -4.80. The van der Waals surface area contributed by atoms with Crippen molar-refractivity contribution >= 4 is 15.7 Å². The van der Waals surface area contributed by atoms with Crippen LogP contribution in [0.4, 0.5) is 13.2 Å². The first-order chi connectivity index (χ1) is 14.0. The number of methoxy groups -OCH3 is 3. The van der Waals surface area contributed by atoms with Crippen molar-refractivity contribution in [1.29, 1.82) is 0 Å². The van der Waals surface area contributed by atoms with Crippen molar-refractivity contribution in [2.45, 2.75) is 23.4 Å². The Morgan fingerprint density at radius 2 is 1.47 bits per heavy atom.